The molecule has 1 aliphatic carbocycles. The molecule has 1 unspecified atom stereocenters. The summed E-state index contributed by atoms with van der Waals surface area (Å²) >= 11 is 0. The summed E-state index contributed by atoms with van der Waals surface area (Å²) in [5.41, 5.74) is 0. The average molecular weight is 254 g/mol. The van der Waals surface area contributed by atoms with Crippen molar-refractivity contribution in [1.82, 2.24) is 10.2 Å². The van der Waals surface area contributed by atoms with Gasteiger partial charge >= 0.3 is 0 Å². The van der Waals surface area contributed by atoms with E-state index in [2.05, 4.69) is 38.2 Å². The van der Waals surface area contributed by atoms with Crippen molar-refractivity contribution < 1.29 is 0 Å². The Morgan fingerprint density at radius 1 is 1.17 bits per heavy atom. The van der Waals surface area contributed by atoms with E-state index in [9.17, 15) is 0 Å². The Labute approximate surface area is 115 Å². The summed E-state index contributed by atoms with van der Waals surface area (Å²) in [5.74, 6) is 1.02. The first kappa shape index (κ1) is 16.0. The minimum atomic E-state index is 0.676. The SMILES string of the molecule is CCC1CCC(N(C)CCCCC(C)NC)CC1. The van der Waals surface area contributed by atoms with Crippen molar-refractivity contribution in [2.75, 3.05) is 20.6 Å². The fourth-order valence-electron chi connectivity index (χ4n) is 3.13. The molecule has 2 heteroatoms. The predicted molar refractivity (Wildman–Crippen MR) is 81.0 cm³/mol. The standard InChI is InChI=1S/C16H34N2/c1-5-15-9-11-16(12-10-15)18(4)13-7-6-8-14(2)17-3/h14-17H,5-13H2,1-4H3. The molecule has 0 aromatic rings. The van der Waals surface area contributed by atoms with Crippen molar-refractivity contribution in [1.29, 1.82) is 0 Å². The van der Waals surface area contributed by atoms with E-state index in [-0.39, 0.29) is 0 Å². The third-order valence-electron chi connectivity index (χ3n) is 4.91. The maximum Gasteiger partial charge on any atom is 0.00924 e. The van der Waals surface area contributed by atoms with Crippen molar-refractivity contribution in [2.24, 2.45) is 5.92 Å². The minimum absolute atomic E-state index is 0.676. The largest absolute Gasteiger partial charge is 0.317 e. The molecule has 1 N–H and O–H groups in total. The fraction of sp³-hybridized carbons (Fsp3) is 1.00. The van der Waals surface area contributed by atoms with Gasteiger partial charge in [0.2, 0.25) is 0 Å². The highest BCUT2D eigenvalue weighted by atomic mass is 15.1. The molecule has 1 saturated carbocycles. The van der Waals surface area contributed by atoms with E-state index in [1.165, 1.54) is 57.9 Å². The van der Waals surface area contributed by atoms with Crippen LogP contribution in [0, 0.1) is 5.92 Å². The molecule has 0 radical (unpaired) electrons. The molecule has 0 aromatic heterocycles. The second-order valence-electron chi connectivity index (χ2n) is 6.25. The second kappa shape index (κ2) is 8.92. The Morgan fingerprint density at radius 3 is 2.39 bits per heavy atom. The molecule has 1 rings (SSSR count). The van der Waals surface area contributed by atoms with E-state index in [4.69, 9.17) is 0 Å². The maximum atomic E-state index is 3.31. The average Bonchev–Trinajstić information content (AvgIpc) is 2.43. The Hall–Kier alpha value is -0.0800. The lowest BCUT2D eigenvalue weighted by molar-refractivity contribution is 0.161. The van der Waals surface area contributed by atoms with Gasteiger partial charge in [-0.3, -0.25) is 0 Å². The lowest BCUT2D eigenvalue weighted by atomic mass is 9.84. The van der Waals surface area contributed by atoms with Crippen LogP contribution in [0.1, 0.15) is 65.2 Å². The summed E-state index contributed by atoms with van der Waals surface area (Å²) < 4.78 is 0. The van der Waals surface area contributed by atoms with Crippen LogP contribution in [-0.4, -0.2) is 37.6 Å². The van der Waals surface area contributed by atoms with E-state index in [0.717, 1.165) is 12.0 Å². The number of unbranched alkanes of at least 4 members (excludes halogenated alkanes) is 1. The van der Waals surface area contributed by atoms with Crippen molar-refractivity contribution in [2.45, 2.75) is 77.3 Å². The summed E-state index contributed by atoms with van der Waals surface area (Å²) in [6.45, 7) is 5.91. The molecule has 0 aromatic carbocycles. The van der Waals surface area contributed by atoms with Crippen LogP contribution < -0.4 is 5.32 Å². The van der Waals surface area contributed by atoms with Gasteiger partial charge in [-0.05, 0) is 72.0 Å². The number of nitrogens with one attached hydrogen (secondary N) is 1. The van der Waals surface area contributed by atoms with Gasteiger partial charge in [-0.25, -0.2) is 0 Å². The smallest absolute Gasteiger partial charge is 0.00924 e. The first-order valence-electron chi connectivity index (χ1n) is 8.04. The summed E-state index contributed by atoms with van der Waals surface area (Å²) in [7, 11) is 4.39. The van der Waals surface area contributed by atoms with Gasteiger partial charge in [0.1, 0.15) is 0 Å². The van der Waals surface area contributed by atoms with Gasteiger partial charge in [0, 0.05) is 12.1 Å². The van der Waals surface area contributed by atoms with Crippen LogP contribution in [-0.2, 0) is 0 Å². The van der Waals surface area contributed by atoms with Crippen molar-refractivity contribution in [3.05, 3.63) is 0 Å². The molecule has 1 fully saturated rings. The van der Waals surface area contributed by atoms with Crippen LogP contribution in [0.25, 0.3) is 0 Å². The van der Waals surface area contributed by atoms with E-state index in [0.29, 0.717) is 6.04 Å². The summed E-state index contributed by atoms with van der Waals surface area (Å²) in [6, 6.07) is 1.55. The molecule has 18 heavy (non-hydrogen) atoms. The van der Waals surface area contributed by atoms with Gasteiger partial charge in [0.05, 0.1) is 0 Å². The molecule has 1 aliphatic rings. The van der Waals surface area contributed by atoms with Gasteiger partial charge in [0.15, 0.2) is 0 Å². The molecule has 0 spiro atoms. The first-order valence-corrected chi connectivity index (χ1v) is 8.04. The quantitative estimate of drug-likeness (QED) is 0.665. The van der Waals surface area contributed by atoms with Crippen LogP contribution in [0.15, 0.2) is 0 Å². The molecular weight excluding hydrogens is 220 g/mol. The summed E-state index contributed by atoms with van der Waals surface area (Å²) in [4.78, 5) is 2.62. The molecule has 2 nitrogen and oxygen atoms in total. The molecule has 0 aliphatic heterocycles. The molecule has 0 bridgehead atoms. The predicted octanol–water partition coefficient (Wildman–Crippen LogP) is 3.67. The van der Waals surface area contributed by atoms with Crippen LogP contribution in [0.5, 0.6) is 0 Å². The fourth-order valence-corrected chi connectivity index (χ4v) is 3.13. The molecule has 1 atom stereocenters. The summed E-state index contributed by atoms with van der Waals surface area (Å²) in [5, 5.41) is 3.31. The number of rotatable bonds is 8. The Bertz CT molecular complexity index is 197. The lowest BCUT2D eigenvalue weighted by Gasteiger charge is -2.34. The van der Waals surface area contributed by atoms with Gasteiger partial charge < -0.3 is 10.2 Å². The first-order chi connectivity index (χ1) is 8.67. The second-order valence-corrected chi connectivity index (χ2v) is 6.25. The molecule has 0 heterocycles. The van der Waals surface area contributed by atoms with E-state index in [1.54, 1.807) is 0 Å². The van der Waals surface area contributed by atoms with Crippen molar-refractivity contribution in [3.63, 3.8) is 0 Å². The number of nitrogens with zero attached hydrogens (tertiary/aromatic N) is 1. The maximum absolute atomic E-state index is 3.31. The molecule has 108 valence electrons. The zero-order valence-corrected chi connectivity index (χ0v) is 13.0. The van der Waals surface area contributed by atoms with Crippen molar-refractivity contribution in [3.8, 4) is 0 Å². The minimum Gasteiger partial charge on any atom is -0.317 e. The monoisotopic (exact) mass is 254 g/mol. The van der Waals surface area contributed by atoms with Crippen LogP contribution in [0.4, 0.5) is 0 Å². The summed E-state index contributed by atoms with van der Waals surface area (Å²) in [6.07, 6.45) is 11.2. The van der Waals surface area contributed by atoms with Crippen LogP contribution in [0.2, 0.25) is 0 Å². The van der Waals surface area contributed by atoms with E-state index < -0.39 is 0 Å². The number of hydrogen-bond acceptors (Lipinski definition) is 2. The third-order valence-corrected chi connectivity index (χ3v) is 4.91. The topological polar surface area (TPSA) is 15.3 Å². The molecule has 0 amide bonds. The zero-order chi connectivity index (χ0) is 13.4. The van der Waals surface area contributed by atoms with E-state index in [1.807, 2.05) is 0 Å². The highest BCUT2D eigenvalue weighted by Gasteiger charge is 2.22. The molecule has 0 saturated heterocycles. The Balaban J connectivity index is 2.08. The van der Waals surface area contributed by atoms with Crippen LogP contribution >= 0.6 is 0 Å². The van der Waals surface area contributed by atoms with Crippen molar-refractivity contribution >= 4 is 0 Å². The van der Waals surface area contributed by atoms with E-state index >= 15 is 0 Å². The third kappa shape index (κ3) is 5.71. The highest BCUT2D eigenvalue weighted by molar-refractivity contribution is 4.77. The van der Waals surface area contributed by atoms with Gasteiger partial charge in [0.25, 0.3) is 0 Å². The normalized spacial score (nSPS) is 26.5. The van der Waals surface area contributed by atoms with Gasteiger partial charge in [-0.1, -0.05) is 19.8 Å². The highest BCUT2D eigenvalue weighted by Crippen LogP contribution is 2.28. The van der Waals surface area contributed by atoms with Gasteiger partial charge in [-0.15, -0.1) is 0 Å². The molecular formula is C16H34N2. The lowest BCUT2D eigenvalue weighted by Crippen LogP contribution is -2.35. The zero-order valence-electron chi connectivity index (χ0n) is 13.0. The van der Waals surface area contributed by atoms with Gasteiger partial charge in [-0.2, -0.15) is 0 Å². The number of hydrogen-bond donors (Lipinski definition) is 1. The van der Waals surface area contributed by atoms with Crippen LogP contribution in [0.3, 0.4) is 0 Å². The Kier molecular flexibility index (Phi) is 7.92. The Morgan fingerprint density at radius 2 is 1.83 bits per heavy atom.